The van der Waals surface area contributed by atoms with E-state index < -0.39 is 6.61 Å². The van der Waals surface area contributed by atoms with Crippen molar-refractivity contribution in [2.45, 2.75) is 38.3 Å². The summed E-state index contributed by atoms with van der Waals surface area (Å²) in [6, 6.07) is 1.63. The van der Waals surface area contributed by atoms with Crippen LogP contribution in [-0.2, 0) is 4.74 Å². The Morgan fingerprint density at radius 3 is 2.69 bits per heavy atom. The number of alkyl halides is 2. The minimum atomic E-state index is -2.92. The Morgan fingerprint density at radius 2 is 1.93 bits per heavy atom. The first-order valence-corrected chi connectivity index (χ1v) is 9.72. The van der Waals surface area contributed by atoms with Gasteiger partial charge in [-0.15, -0.1) is 0 Å². The van der Waals surface area contributed by atoms with Crippen molar-refractivity contribution in [2.24, 2.45) is 11.8 Å². The van der Waals surface area contributed by atoms with Gasteiger partial charge in [0.15, 0.2) is 17.3 Å². The zero-order chi connectivity index (χ0) is 19.8. The van der Waals surface area contributed by atoms with Gasteiger partial charge in [0.05, 0.1) is 18.4 Å². The number of fused-ring (bicyclic) bond motifs is 1. The van der Waals surface area contributed by atoms with Gasteiger partial charge in [-0.3, -0.25) is 0 Å². The second kappa shape index (κ2) is 7.54. The molecule has 0 aromatic carbocycles. The van der Waals surface area contributed by atoms with Crippen LogP contribution in [-0.4, -0.2) is 49.8 Å². The minimum absolute atomic E-state index is 0.130. The molecule has 3 aromatic rings. The molecule has 1 atom stereocenters. The maximum atomic E-state index is 12.3. The van der Waals surface area contributed by atoms with Crippen molar-refractivity contribution in [3.05, 3.63) is 18.5 Å². The number of nitrogens with one attached hydrogen (secondary N) is 2. The van der Waals surface area contributed by atoms with Crippen LogP contribution in [0, 0.1) is 11.8 Å². The Hall–Kier alpha value is -2.82. The van der Waals surface area contributed by atoms with Gasteiger partial charge in [-0.25, -0.2) is 19.7 Å². The fraction of sp³-hybridized carbons (Fsp3) is 0.556. The molecule has 0 radical (unpaired) electrons. The Kier molecular flexibility index (Phi) is 4.74. The molecule has 0 bridgehead atoms. The van der Waals surface area contributed by atoms with E-state index in [0.717, 1.165) is 31.6 Å². The topological polar surface area (TPSA) is 103 Å². The molecule has 2 fully saturated rings. The molecule has 0 spiro atoms. The summed E-state index contributed by atoms with van der Waals surface area (Å²) in [5, 5.41) is 13.9. The maximum absolute atomic E-state index is 12.3. The molecule has 1 aliphatic carbocycles. The van der Waals surface area contributed by atoms with Gasteiger partial charge >= 0.3 is 6.61 Å². The quantitative estimate of drug-likeness (QED) is 0.622. The summed E-state index contributed by atoms with van der Waals surface area (Å²) in [5.41, 5.74) is 1.43. The molecule has 4 heterocycles. The van der Waals surface area contributed by atoms with Crippen LogP contribution in [0.1, 0.15) is 31.7 Å². The maximum Gasteiger partial charge on any atom is 0.388 e. The number of aromatic nitrogens is 6. The summed E-state index contributed by atoms with van der Waals surface area (Å²) in [4.78, 5) is 9.12. The first-order valence-electron chi connectivity index (χ1n) is 9.72. The van der Waals surface area contributed by atoms with E-state index in [-0.39, 0.29) is 11.9 Å². The minimum Gasteiger partial charge on any atom is -0.417 e. The normalized spacial score (nSPS) is 19.0. The number of aromatic amines is 1. The van der Waals surface area contributed by atoms with E-state index in [9.17, 15) is 8.78 Å². The number of ether oxygens (including phenoxy) is 2. The van der Waals surface area contributed by atoms with Crippen LogP contribution in [0.4, 0.5) is 20.4 Å². The molecule has 154 valence electrons. The SMILES string of the molecule is FC(F)Oc1cc(Nc2cnc3cnn([C@@H](C4CCOCC4)C4CC4)c3n2)n[nH]1. The number of hydrogen-bond acceptors (Lipinski definition) is 7. The summed E-state index contributed by atoms with van der Waals surface area (Å²) in [7, 11) is 0. The van der Waals surface area contributed by atoms with Crippen LogP contribution in [0.15, 0.2) is 18.5 Å². The van der Waals surface area contributed by atoms with Gasteiger partial charge in [0.2, 0.25) is 5.88 Å². The summed E-state index contributed by atoms with van der Waals surface area (Å²) < 4.78 is 36.5. The molecule has 2 N–H and O–H groups in total. The van der Waals surface area contributed by atoms with E-state index >= 15 is 0 Å². The van der Waals surface area contributed by atoms with Crippen molar-refractivity contribution >= 4 is 22.8 Å². The first kappa shape index (κ1) is 18.2. The second-order valence-electron chi connectivity index (χ2n) is 7.45. The van der Waals surface area contributed by atoms with Crippen LogP contribution in [0.2, 0.25) is 0 Å². The second-order valence-corrected chi connectivity index (χ2v) is 7.45. The third kappa shape index (κ3) is 3.86. The van der Waals surface area contributed by atoms with Crippen LogP contribution < -0.4 is 10.1 Å². The van der Waals surface area contributed by atoms with Crippen molar-refractivity contribution < 1.29 is 18.3 Å². The number of anilines is 2. The molecule has 1 saturated heterocycles. The van der Waals surface area contributed by atoms with Crippen LogP contribution in [0.5, 0.6) is 5.88 Å². The number of H-pyrrole nitrogens is 1. The number of rotatable bonds is 7. The van der Waals surface area contributed by atoms with Crippen molar-refractivity contribution in [3.8, 4) is 5.88 Å². The molecular formula is C18H21F2N7O2. The average molecular weight is 405 g/mol. The molecule has 11 heteroatoms. The Morgan fingerprint density at radius 1 is 1.14 bits per heavy atom. The number of nitrogens with zero attached hydrogens (tertiary/aromatic N) is 5. The fourth-order valence-electron chi connectivity index (χ4n) is 4.03. The van der Waals surface area contributed by atoms with Crippen molar-refractivity contribution in [1.29, 1.82) is 0 Å². The predicted molar refractivity (Wildman–Crippen MR) is 99.1 cm³/mol. The van der Waals surface area contributed by atoms with Gasteiger partial charge in [-0.1, -0.05) is 0 Å². The van der Waals surface area contributed by atoms with Gasteiger partial charge in [-0.05, 0) is 37.5 Å². The van der Waals surface area contributed by atoms with Crippen LogP contribution in [0.3, 0.4) is 0 Å². The highest BCUT2D eigenvalue weighted by Crippen LogP contribution is 2.46. The van der Waals surface area contributed by atoms with Gasteiger partial charge in [0, 0.05) is 19.3 Å². The molecule has 3 aromatic heterocycles. The van der Waals surface area contributed by atoms with E-state index in [1.807, 2.05) is 4.68 Å². The lowest BCUT2D eigenvalue weighted by Gasteiger charge is -2.30. The number of halogens is 2. The Labute approximate surface area is 164 Å². The Balaban J connectivity index is 1.41. The Bertz CT molecular complexity index is 982. The lowest BCUT2D eigenvalue weighted by Crippen LogP contribution is -2.28. The molecule has 0 amide bonds. The predicted octanol–water partition coefficient (Wildman–Crippen LogP) is 3.27. The highest BCUT2D eigenvalue weighted by molar-refractivity contribution is 5.72. The highest BCUT2D eigenvalue weighted by atomic mass is 19.3. The van der Waals surface area contributed by atoms with E-state index in [1.165, 1.54) is 18.9 Å². The van der Waals surface area contributed by atoms with Gasteiger partial charge < -0.3 is 14.8 Å². The number of hydrogen-bond donors (Lipinski definition) is 2. The molecule has 1 saturated carbocycles. The van der Waals surface area contributed by atoms with Crippen LogP contribution >= 0.6 is 0 Å². The zero-order valence-corrected chi connectivity index (χ0v) is 15.6. The monoisotopic (exact) mass is 405 g/mol. The van der Waals surface area contributed by atoms with Crippen molar-refractivity contribution in [2.75, 3.05) is 18.5 Å². The molecule has 5 rings (SSSR count). The first-order chi connectivity index (χ1) is 14.2. The zero-order valence-electron chi connectivity index (χ0n) is 15.6. The third-order valence-electron chi connectivity index (χ3n) is 5.47. The molecule has 2 aliphatic rings. The van der Waals surface area contributed by atoms with E-state index in [2.05, 4.69) is 35.3 Å². The fourth-order valence-corrected chi connectivity index (χ4v) is 4.03. The highest BCUT2D eigenvalue weighted by Gasteiger charge is 2.39. The largest absolute Gasteiger partial charge is 0.417 e. The summed E-state index contributed by atoms with van der Waals surface area (Å²) >= 11 is 0. The van der Waals surface area contributed by atoms with Gasteiger partial charge in [-0.2, -0.15) is 19.0 Å². The van der Waals surface area contributed by atoms with Crippen LogP contribution in [0.25, 0.3) is 11.2 Å². The van der Waals surface area contributed by atoms with E-state index in [1.54, 1.807) is 12.4 Å². The molecular weight excluding hydrogens is 384 g/mol. The van der Waals surface area contributed by atoms with Crippen molar-refractivity contribution in [3.63, 3.8) is 0 Å². The van der Waals surface area contributed by atoms with Gasteiger partial charge in [0.1, 0.15) is 5.52 Å². The summed E-state index contributed by atoms with van der Waals surface area (Å²) in [6.45, 7) is -1.35. The molecule has 9 nitrogen and oxygen atoms in total. The van der Waals surface area contributed by atoms with Crippen molar-refractivity contribution in [1.82, 2.24) is 29.9 Å². The summed E-state index contributed by atoms with van der Waals surface area (Å²) in [5.74, 6) is 1.76. The lowest BCUT2D eigenvalue weighted by atomic mass is 9.89. The van der Waals surface area contributed by atoms with E-state index in [4.69, 9.17) is 4.74 Å². The smallest absolute Gasteiger partial charge is 0.388 e. The molecule has 0 unspecified atom stereocenters. The van der Waals surface area contributed by atoms with E-state index in [0.29, 0.717) is 29.1 Å². The van der Waals surface area contributed by atoms with Gasteiger partial charge in [0.25, 0.3) is 0 Å². The summed E-state index contributed by atoms with van der Waals surface area (Å²) in [6.07, 6.45) is 7.76. The standard InChI is InChI=1S/C18H21F2N7O2/c19-18(20)29-15-7-13(25-26-15)23-14-9-21-12-8-22-27(17(12)24-14)16(10-1-2-10)11-3-5-28-6-4-11/h7-11,16,18H,1-6H2,(H2,23,24,25,26)/t16-/m1/s1. The lowest BCUT2D eigenvalue weighted by molar-refractivity contribution is -0.0528. The average Bonchev–Trinajstić information content (AvgIpc) is 3.32. The third-order valence-corrected chi connectivity index (χ3v) is 5.47. The molecule has 29 heavy (non-hydrogen) atoms. The molecule has 1 aliphatic heterocycles.